The molecule has 0 radical (unpaired) electrons. The van der Waals surface area contributed by atoms with Crippen molar-refractivity contribution in [3.63, 3.8) is 0 Å². The Bertz CT molecular complexity index is 343. The molecule has 1 aliphatic rings. The van der Waals surface area contributed by atoms with Crippen molar-refractivity contribution < 1.29 is 9.63 Å². The van der Waals surface area contributed by atoms with E-state index in [1.54, 1.807) is 0 Å². The van der Waals surface area contributed by atoms with Gasteiger partial charge in [0, 0.05) is 12.5 Å². The van der Waals surface area contributed by atoms with E-state index < -0.39 is 0 Å². The summed E-state index contributed by atoms with van der Waals surface area (Å²) < 4.78 is 5.23. The van der Waals surface area contributed by atoms with Crippen LogP contribution in [-0.2, 0) is 6.54 Å². The van der Waals surface area contributed by atoms with Gasteiger partial charge in [-0.3, -0.25) is 4.90 Å². The molecular weight excluding hydrogens is 218 g/mol. The number of aliphatic hydroxyl groups is 1. The molecule has 0 bridgehead atoms. The molecular formula is C12H21N3O2. The minimum Gasteiger partial charge on any atom is -0.396 e. The lowest BCUT2D eigenvalue weighted by Gasteiger charge is -2.29. The molecule has 1 fully saturated rings. The van der Waals surface area contributed by atoms with Gasteiger partial charge in [-0.25, -0.2) is 0 Å². The summed E-state index contributed by atoms with van der Waals surface area (Å²) >= 11 is 0. The summed E-state index contributed by atoms with van der Waals surface area (Å²) in [5.41, 5.74) is 0. The first-order valence-electron chi connectivity index (χ1n) is 6.34. The van der Waals surface area contributed by atoms with Crippen molar-refractivity contribution in [3.8, 4) is 0 Å². The largest absolute Gasteiger partial charge is 0.396 e. The molecule has 2 heterocycles. The molecule has 0 unspecified atom stereocenters. The predicted octanol–water partition coefficient (Wildman–Crippen LogP) is 1.40. The maximum absolute atomic E-state index is 9.07. The van der Waals surface area contributed by atoms with Crippen LogP contribution in [0.5, 0.6) is 0 Å². The number of aliphatic hydroxyl groups excluding tert-OH is 1. The zero-order valence-corrected chi connectivity index (χ0v) is 10.6. The van der Waals surface area contributed by atoms with E-state index in [0.29, 0.717) is 24.3 Å². The monoisotopic (exact) mass is 239 g/mol. The van der Waals surface area contributed by atoms with Crippen molar-refractivity contribution in [3.05, 3.63) is 11.7 Å². The zero-order chi connectivity index (χ0) is 12.3. The number of likely N-dealkylation sites (tertiary alicyclic amines) is 1. The Morgan fingerprint density at radius 2 is 2.12 bits per heavy atom. The molecule has 0 aromatic carbocycles. The van der Waals surface area contributed by atoms with E-state index in [1.807, 2.05) is 0 Å². The molecule has 0 spiro atoms. The van der Waals surface area contributed by atoms with Gasteiger partial charge in [0.1, 0.15) is 0 Å². The van der Waals surface area contributed by atoms with Crippen LogP contribution in [0.25, 0.3) is 0 Å². The number of hydrogen-bond acceptors (Lipinski definition) is 5. The van der Waals surface area contributed by atoms with Gasteiger partial charge < -0.3 is 9.63 Å². The third-order valence-corrected chi connectivity index (χ3v) is 3.32. The van der Waals surface area contributed by atoms with Crippen molar-refractivity contribution in [1.82, 2.24) is 15.0 Å². The summed E-state index contributed by atoms with van der Waals surface area (Å²) in [5, 5.41) is 13.0. The second kappa shape index (κ2) is 5.60. The maximum Gasteiger partial charge on any atom is 0.240 e. The SMILES string of the molecule is CC(C)c1noc(CN2CCC(CO)CC2)n1. The Morgan fingerprint density at radius 1 is 1.41 bits per heavy atom. The van der Waals surface area contributed by atoms with Crippen molar-refractivity contribution in [2.45, 2.75) is 39.2 Å². The average molecular weight is 239 g/mol. The summed E-state index contributed by atoms with van der Waals surface area (Å²) in [6.45, 7) is 7.17. The fourth-order valence-corrected chi connectivity index (χ4v) is 2.09. The van der Waals surface area contributed by atoms with Crippen molar-refractivity contribution in [1.29, 1.82) is 0 Å². The highest BCUT2D eigenvalue weighted by Gasteiger charge is 2.20. The Hall–Kier alpha value is -0.940. The van der Waals surface area contributed by atoms with E-state index in [4.69, 9.17) is 9.63 Å². The van der Waals surface area contributed by atoms with Crippen LogP contribution in [0.15, 0.2) is 4.52 Å². The summed E-state index contributed by atoms with van der Waals surface area (Å²) in [4.78, 5) is 6.68. The van der Waals surface area contributed by atoms with E-state index in [-0.39, 0.29) is 0 Å². The van der Waals surface area contributed by atoms with Gasteiger partial charge in [0.05, 0.1) is 6.54 Å². The van der Waals surface area contributed by atoms with Gasteiger partial charge in [-0.1, -0.05) is 19.0 Å². The van der Waals surface area contributed by atoms with Crippen LogP contribution in [0.1, 0.15) is 44.3 Å². The standard InChI is InChI=1S/C12H21N3O2/c1-9(2)12-13-11(17-14-12)7-15-5-3-10(8-16)4-6-15/h9-10,16H,3-8H2,1-2H3. The highest BCUT2D eigenvalue weighted by molar-refractivity contribution is 4.92. The number of aromatic nitrogens is 2. The average Bonchev–Trinajstić information content (AvgIpc) is 2.79. The van der Waals surface area contributed by atoms with Crippen LogP contribution in [0.3, 0.4) is 0 Å². The number of rotatable bonds is 4. The van der Waals surface area contributed by atoms with Crippen LogP contribution in [0.2, 0.25) is 0 Å². The first-order valence-corrected chi connectivity index (χ1v) is 6.34. The second-order valence-electron chi connectivity index (χ2n) is 5.10. The highest BCUT2D eigenvalue weighted by Crippen LogP contribution is 2.18. The van der Waals surface area contributed by atoms with E-state index in [0.717, 1.165) is 38.3 Å². The number of nitrogens with zero attached hydrogens (tertiary/aromatic N) is 3. The molecule has 1 N–H and O–H groups in total. The molecule has 1 aromatic heterocycles. The maximum atomic E-state index is 9.07. The first-order chi connectivity index (χ1) is 8.19. The fraction of sp³-hybridized carbons (Fsp3) is 0.833. The summed E-state index contributed by atoms with van der Waals surface area (Å²) in [6, 6.07) is 0. The highest BCUT2D eigenvalue weighted by atomic mass is 16.5. The third kappa shape index (κ3) is 3.26. The molecule has 96 valence electrons. The lowest BCUT2D eigenvalue weighted by Crippen LogP contribution is -2.34. The van der Waals surface area contributed by atoms with Crippen LogP contribution in [0.4, 0.5) is 0 Å². The molecule has 1 saturated heterocycles. The van der Waals surface area contributed by atoms with Crippen LogP contribution in [-0.4, -0.2) is 39.8 Å². The van der Waals surface area contributed by atoms with E-state index in [9.17, 15) is 0 Å². The van der Waals surface area contributed by atoms with E-state index >= 15 is 0 Å². The van der Waals surface area contributed by atoms with Gasteiger partial charge >= 0.3 is 0 Å². The Kier molecular flexibility index (Phi) is 4.12. The van der Waals surface area contributed by atoms with Gasteiger partial charge in [0.2, 0.25) is 5.89 Å². The normalized spacial score (nSPS) is 19.1. The van der Waals surface area contributed by atoms with Crippen LogP contribution < -0.4 is 0 Å². The Balaban J connectivity index is 1.84. The molecule has 0 amide bonds. The fourth-order valence-electron chi connectivity index (χ4n) is 2.09. The molecule has 5 nitrogen and oxygen atoms in total. The molecule has 0 atom stereocenters. The van der Waals surface area contributed by atoms with Crippen molar-refractivity contribution in [2.24, 2.45) is 5.92 Å². The van der Waals surface area contributed by atoms with E-state index in [2.05, 4.69) is 28.9 Å². The third-order valence-electron chi connectivity index (χ3n) is 3.32. The molecule has 1 aliphatic heterocycles. The molecule has 1 aromatic rings. The first kappa shape index (κ1) is 12.5. The number of piperidine rings is 1. The molecule has 5 heteroatoms. The van der Waals surface area contributed by atoms with Crippen molar-refractivity contribution in [2.75, 3.05) is 19.7 Å². The summed E-state index contributed by atoms with van der Waals surface area (Å²) in [6.07, 6.45) is 2.11. The van der Waals surface area contributed by atoms with Crippen LogP contribution >= 0.6 is 0 Å². The lowest BCUT2D eigenvalue weighted by atomic mass is 9.98. The van der Waals surface area contributed by atoms with Crippen molar-refractivity contribution >= 4 is 0 Å². The van der Waals surface area contributed by atoms with Crippen LogP contribution in [0, 0.1) is 5.92 Å². The topological polar surface area (TPSA) is 62.4 Å². The predicted molar refractivity (Wildman–Crippen MR) is 63.5 cm³/mol. The molecule has 0 saturated carbocycles. The number of hydrogen-bond donors (Lipinski definition) is 1. The smallest absolute Gasteiger partial charge is 0.240 e. The molecule has 17 heavy (non-hydrogen) atoms. The molecule has 0 aliphatic carbocycles. The quantitative estimate of drug-likeness (QED) is 0.860. The van der Waals surface area contributed by atoms with Gasteiger partial charge in [-0.15, -0.1) is 0 Å². The van der Waals surface area contributed by atoms with Gasteiger partial charge in [-0.2, -0.15) is 4.98 Å². The van der Waals surface area contributed by atoms with Gasteiger partial charge in [0.25, 0.3) is 0 Å². The summed E-state index contributed by atoms with van der Waals surface area (Å²) in [5.74, 6) is 2.27. The minimum atomic E-state index is 0.311. The molecule has 2 rings (SSSR count). The zero-order valence-electron chi connectivity index (χ0n) is 10.6. The summed E-state index contributed by atoms with van der Waals surface area (Å²) in [7, 11) is 0. The van der Waals surface area contributed by atoms with E-state index in [1.165, 1.54) is 0 Å². The Labute approximate surface area is 102 Å². The van der Waals surface area contributed by atoms with Gasteiger partial charge in [-0.05, 0) is 31.8 Å². The lowest BCUT2D eigenvalue weighted by molar-refractivity contribution is 0.119. The minimum absolute atomic E-state index is 0.311. The Morgan fingerprint density at radius 3 is 2.65 bits per heavy atom. The van der Waals surface area contributed by atoms with Gasteiger partial charge in [0.15, 0.2) is 5.82 Å². The second-order valence-corrected chi connectivity index (χ2v) is 5.10.